The molecule has 2 aromatic rings. The molecule has 0 spiro atoms. The Morgan fingerprint density at radius 2 is 2.10 bits per heavy atom. The van der Waals surface area contributed by atoms with Gasteiger partial charge in [-0.15, -0.1) is 0 Å². The van der Waals surface area contributed by atoms with E-state index in [0.29, 0.717) is 23.9 Å². The van der Waals surface area contributed by atoms with Crippen molar-refractivity contribution >= 4 is 0 Å². The van der Waals surface area contributed by atoms with Crippen LogP contribution in [0, 0.1) is 31.4 Å². The van der Waals surface area contributed by atoms with Gasteiger partial charge in [0.05, 0.1) is 12.2 Å². The molecule has 1 atom stereocenters. The number of hydrogen-bond donors (Lipinski definition) is 1. The predicted molar refractivity (Wildman–Crippen MR) is 74.6 cm³/mol. The minimum atomic E-state index is -0.415. The molecule has 112 valence electrons. The van der Waals surface area contributed by atoms with Gasteiger partial charge in [0.1, 0.15) is 17.4 Å². The molecule has 0 amide bonds. The van der Waals surface area contributed by atoms with E-state index in [1.807, 2.05) is 13.8 Å². The van der Waals surface area contributed by atoms with Crippen molar-refractivity contribution in [2.75, 3.05) is 0 Å². The van der Waals surface area contributed by atoms with E-state index >= 15 is 0 Å². The largest absolute Gasteiger partial charge is 0.444 e. The molecule has 0 radical (unpaired) electrons. The molecule has 0 aliphatic heterocycles. The molecule has 1 saturated carbocycles. The van der Waals surface area contributed by atoms with Gasteiger partial charge >= 0.3 is 0 Å². The molecule has 0 bridgehead atoms. The SMILES string of the molecule is Cc1nc(CN[C@@H](c2cc(F)ccc2F)C2CC2)oc1C. The van der Waals surface area contributed by atoms with Gasteiger partial charge in [0, 0.05) is 11.6 Å². The summed E-state index contributed by atoms with van der Waals surface area (Å²) in [5.41, 5.74) is 1.24. The quantitative estimate of drug-likeness (QED) is 0.910. The van der Waals surface area contributed by atoms with E-state index in [1.165, 1.54) is 12.1 Å². The van der Waals surface area contributed by atoms with Crippen LogP contribution in [0.15, 0.2) is 22.6 Å². The molecule has 3 rings (SSSR count). The molecule has 1 aliphatic rings. The minimum Gasteiger partial charge on any atom is -0.444 e. The lowest BCUT2D eigenvalue weighted by Crippen LogP contribution is -2.24. The van der Waals surface area contributed by atoms with Crippen LogP contribution >= 0.6 is 0 Å². The van der Waals surface area contributed by atoms with Crippen molar-refractivity contribution in [2.45, 2.75) is 39.3 Å². The highest BCUT2D eigenvalue weighted by molar-refractivity contribution is 5.24. The number of nitrogens with zero attached hydrogens (tertiary/aromatic N) is 1. The zero-order valence-corrected chi connectivity index (χ0v) is 12.1. The minimum absolute atomic E-state index is 0.201. The number of aryl methyl sites for hydroxylation is 2. The standard InChI is InChI=1S/C16H18F2N2O/c1-9-10(2)21-15(20-9)8-19-16(11-3-4-11)13-7-12(17)5-6-14(13)18/h5-7,11,16,19H,3-4,8H2,1-2H3/t16-/m1/s1. The molecule has 21 heavy (non-hydrogen) atoms. The number of nitrogens with one attached hydrogen (secondary N) is 1. The molecule has 5 heteroatoms. The highest BCUT2D eigenvalue weighted by Crippen LogP contribution is 2.42. The summed E-state index contributed by atoms with van der Waals surface area (Å²) in [6, 6.07) is 3.40. The Bertz CT molecular complexity index is 630. The molecule has 1 aromatic carbocycles. The Balaban J connectivity index is 1.77. The van der Waals surface area contributed by atoms with Gasteiger partial charge in [0.2, 0.25) is 5.89 Å². The average molecular weight is 292 g/mol. The molecule has 1 aliphatic carbocycles. The van der Waals surface area contributed by atoms with Crippen molar-refractivity contribution in [3.8, 4) is 0 Å². The molecule has 1 N–H and O–H groups in total. The predicted octanol–water partition coefficient (Wildman–Crippen LogP) is 3.81. The van der Waals surface area contributed by atoms with Gasteiger partial charge in [-0.3, -0.25) is 0 Å². The topological polar surface area (TPSA) is 38.1 Å². The lowest BCUT2D eigenvalue weighted by Gasteiger charge is -2.18. The van der Waals surface area contributed by atoms with Crippen LogP contribution in [0.2, 0.25) is 0 Å². The van der Waals surface area contributed by atoms with E-state index < -0.39 is 5.82 Å². The van der Waals surface area contributed by atoms with Crippen molar-refractivity contribution in [3.05, 3.63) is 52.7 Å². The van der Waals surface area contributed by atoms with E-state index in [-0.39, 0.29) is 11.9 Å². The molecular formula is C16H18F2N2O. The molecule has 1 aromatic heterocycles. The maximum Gasteiger partial charge on any atom is 0.208 e. The summed E-state index contributed by atoms with van der Waals surface area (Å²) < 4.78 is 32.9. The van der Waals surface area contributed by atoms with E-state index in [1.54, 1.807) is 0 Å². The van der Waals surface area contributed by atoms with Crippen LogP contribution in [0.3, 0.4) is 0 Å². The van der Waals surface area contributed by atoms with Crippen LogP contribution in [0.1, 0.15) is 41.8 Å². The zero-order valence-electron chi connectivity index (χ0n) is 12.1. The molecule has 1 fully saturated rings. The second kappa shape index (κ2) is 5.56. The molecule has 1 heterocycles. The van der Waals surface area contributed by atoms with Crippen LogP contribution in [0.4, 0.5) is 8.78 Å². The molecular weight excluding hydrogens is 274 g/mol. The first-order chi connectivity index (χ1) is 10.0. The summed E-state index contributed by atoms with van der Waals surface area (Å²) in [4.78, 5) is 4.30. The third-order valence-electron chi connectivity index (χ3n) is 3.93. The number of oxazole rings is 1. The Morgan fingerprint density at radius 3 is 2.71 bits per heavy atom. The van der Waals surface area contributed by atoms with E-state index in [0.717, 1.165) is 30.4 Å². The van der Waals surface area contributed by atoms with Gasteiger partial charge in [-0.1, -0.05) is 0 Å². The fraction of sp³-hybridized carbons (Fsp3) is 0.438. The van der Waals surface area contributed by atoms with Gasteiger partial charge in [-0.2, -0.15) is 0 Å². The number of halogens is 2. The third-order valence-corrected chi connectivity index (χ3v) is 3.93. The summed E-state index contributed by atoms with van der Waals surface area (Å²) >= 11 is 0. The van der Waals surface area contributed by atoms with Gasteiger partial charge in [-0.05, 0) is 50.8 Å². The summed E-state index contributed by atoms with van der Waals surface area (Å²) in [6.45, 7) is 4.15. The maximum absolute atomic E-state index is 14.0. The van der Waals surface area contributed by atoms with Crippen LogP contribution in [-0.2, 0) is 6.54 Å². The lowest BCUT2D eigenvalue weighted by atomic mass is 10.0. The number of aromatic nitrogens is 1. The first kappa shape index (κ1) is 14.2. The van der Waals surface area contributed by atoms with Crippen molar-refractivity contribution in [1.82, 2.24) is 10.3 Å². The highest BCUT2D eigenvalue weighted by atomic mass is 19.1. The van der Waals surface area contributed by atoms with E-state index in [4.69, 9.17) is 4.42 Å². The van der Waals surface area contributed by atoms with E-state index in [2.05, 4.69) is 10.3 Å². The smallest absolute Gasteiger partial charge is 0.208 e. The normalized spacial score (nSPS) is 16.2. The second-order valence-electron chi connectivity index (χ2n) is 5.61. The van der Waals surface area contributed by atoms with Crippen molar-refractivity contribution < 1.29 is 13.2 Å². The molecule has 3 nitrogen and oxygen atoms in total. The lowest BCUT2D eigenvalue weighted by molar-refractivity contribution is 0.397. The highest BCUT2D eigenvalue weighted by Gasteiger charge is 2.34. The van der Waals surface area contributed by atoms with Crippen LogP contribution in [0.25, 0.3) is 0 Å². The average Bonchev–Trinajstić information content (AvgIpc) is 3.22. The number of rotatable bonds is 5. The number of benzene rings is 1. The summed E-state index contributed by atoms with van der Waals surface area (Å²) in [5, 5.41) is 3.26. The maximum atomic E-state index is 14.0. The fourth-order valence-corrected chi connectivity index (χ4v) is 2.53. The Labute approximate surface area is 122 Å². The fourth-order valence-electron chi connectivity index (χ4n) is 2.53. The zero-order chi connectivity index (χ0) is 15.0. The van der Waals surface area contributed by atoms with Crippen LogP contribution in [0.5, 0.6) is 0 Å². The van der Waals surface area contributed by atoms with E-state index in [9.17, 15) is 8.78 Å². The van der Waals surface area contributed by atoms with Gasteiger partial charge in [-0.25, -0.2) is 13.8 Å². The van der Waals surface area contributed by atoms with Crippen molar-refractivity contribution in [1.29, 1.82) is 0 Å². The number of hydrogen-bond acceptors (Lipinski definition) is 3. The van der Waals surface area contributed by atoms with Crippen molar-refractivity contribution in [2.24, 2.45) is 5.92 Å². The third kappa shape index (κ3) is 3.13. The Hall–Kier alpha value is -1.75. The molecule has 0 unspecified atom stereocenters. The van der Waals surface area contributed by atoms with Crippen LogP contribution in [-0.4, -0.2) is 4.98 Å². The monoisotopic (exact) mass is 292 g/mol. The first-order valence-electron chi connectivity index (χ1n) is 7.16. The first-order valence-corrected chi connectivity index (χ1v) is 7.16. The summed E-state index contributed by atoms with van der Waals surface area (Å²) in [7, 11) is 0. The van der Waals surface area contributed by atoms with Crippen molar-refractivity contribution in [3.63, 3.8) is 0 Å². The van der Waals surface area contributed by atoms with Crippen LogP contribution < -0.4 is 5.32 Å². The van der Waals surface area contributed by atoms with Gasteiger partial charge in [0.25, 0.3) is 0 Å². The summed E-state index contributed by atoms with van der Waals surface area (Å²) in [6.07, 6.45) is 2.05. The van der Waals surface area contributed by atoms with Gasteiger partial charge in [0.15, 0.2) is 0 Å². The molecule has 0 saturated heterocycles. The Kier molecular flexibility index (Phi) is 3.76. The second-order valence-corrected chi connectivity index (χ2v) is 5.61. The Morgan fingerprint density at radius 1 is 1.33 bits per heavy atom. The van der Waals surface area contributed by atoms with Gasteiger partial charge < -0.3 is 9.73 Å². The summed E-state index contributed by atoms with van der Waals surface area (Å²) in [5.74, 6) is 0.917.